The van der Waals surface area contributed by atoms with Crippen molar-refractivity contribution in [2.45, 2.75) is 19.4 Å². The number of rotatable bonds is 8. The highest BCUT2D eigenvalue weighted by molar-refractivity contribution is 5.87. The molecule has 4 aromatic rings. The Labute approximate surface area is 168 Å². The van der Waals surface area contributed by atoms with Crippen molar-refractivity contribution in [3.63, 3.8) is 0 Å². The lowest BCUT2D eigenvalue weighted by molar-refractivity contribution is 0.0697. The van der Waals surface area contributed by atoms with Crippen molar-refractivity contribution < 1.29 is 19.0 Å². The van der Waals surface area contributed by atoms with Crippen LogP contribution in [0.15, 0.2) is 47.7 Å². The zero-order valence-electron chi connectivity index (χ0n) is 15.7. The van der Waals surface area contributed by atoms with Gasteiger partial charge in [-0.25, -0.2) is 18.9 Å². The summed E-state index contributed by atoms with van der Waals surface area (Å²) < 4.78 is 21.2. The second kappa shape index (κ2) is 8.15. The summed E-state index contributed by atoms with van der Waals surface area (Å²) in [5.74, 6) is -0.739. The van der Waals surface area contributed by atoms with Crippen molar-refractivity contribution in [2.24, 2.45) is 0 Å². The maximum Gasteiger partial charge on any atom is 0.338 e. The van der Waals surface area contributed by atoms with Gasteiger partial charge in [0.05, 0.1) is 24.6 Å². The quantitative estimate of drug-likeness (QED) is 0.424. The minimum absolute atomic E-state index is 0.0173. The number of carboxylic acids is 1. The Morgan fingerprint density at radius 2 is 1.97 bits per heavy atom. The number of carboxylic acid groups (broad SMARTS) is 1. The molecule has 3 heterocycles. The number of nitrogens with one attached hydrogen (secondary N) is 1. The van der Waals surface area contributed by atoms with Gasteiger partial charge in [0.2, 0.25) is 5.95 Å². The first-order valence-corrected chi connectivity index (χ1v) is 9.14. The Hall–Kier alpha value is -4.02. The number of benzene rings is 1. The minimum atomic E-state index is -1.12. The second-order valence-corrected chi connectivity index (χ2v) is 6.48. The van der Waals surface area contributed by atoms with Crippen LogP contribution in [0.1, 0.15) is 23.2 Å². The fraction of sp³-hybridized carbons (Fsp3) is 0.211. The zero-order chi connectivity index (χ0) is 21.1. The van der Waals surface area contributed by atoms with Crippen molar-refractivity contribution >= 4 is 17.0 Å². The van der Waals surface area contributed by atoms with Crippen LogP contribution in [0.3, 0.4) is 0 Å². The molecule has 1 aromatic carbocycles. The number of hydrogen-bond donors (Lipinski definition) is 2. The molecule has 154 valence electrons. The lowest BCUT2D eigenvalue weighted by Gasteiger charge is -2.07. The standard InChI is InChI=1S/C19H17FN6O4/c20-13-3-5-14(6-4-13)30-8-2-1-7-25-16-15(10-22-25)23-19(24-17(16)27)26-11-12(9-21-26)18(28)29/h3-6,9-11H,1-2,7-8H2,(H,28,29)(H,23,24,27). The number of aromatic carboxylic acids is 1. The van der Waals surface area contributed by atoms with Gasteiger partial charge in [0.15, 0.2) is 5.52 Å². The van der Waals surface area contributed by atoms with E-state index >= 15 is 0 Å². The van der Waals surface area contributed by atoms with Gasteiger partial charge in [0, 0.05) is 12.7 Å². The van der Waals surface area contributed by atoms with Gasteiger partial charge >= 0.3 is 5.97 Å². The van der Waals surface area contributed by atoms with Gasteiger partial charge in [0.1, 0.15) is 17.1 Å². The van der Waals surface area contributed by atoms with E-state index in [1.54, 1.807) is 16.8 Å². The van der Waals surface area contributed by atoms with E-state index in [1.807, 2.05) is 0 Å². The molecule has 0 fully saturated rings. The molecule has 0 aliphatic heterocycles. The zero-order valence-corrected chi connectivity index (χ0v) is 15.7. The van der Waals surface area contributed by atoms with Gasteiger partial charge < -0.3 is 9.84 Å². The predicted molar refractivity (Wildman–Crippen MR) is 103 cm³/mol. The molecule has 0 radical (unpaired) electrons. The van der Waals surface area contributed by atoms with Crippen LogP contribution in [-0.4, -0.2) is 47.2 Å². The number of ether oxygens (including phenoxy) is 1. The van der Waals surface area contributed by atoms with Gasteiger partial charge in [-0.3, -0.25) is 14.5 Å². The Bertz CT molecular complexity index is 1240. The molecule has 0 atom stereocenters. The molecule has 3 aromatic heterocycles. The molecule has 0 aliphatic rings. The first kappa shape index (κ1) is 19.3. The van der Waals surface area contributed by atoms with Crippen molar-refractivity contribution in [1.29, 1.82) is 0 Å². The summed E-state index contributed by atoms with van der Waals surface area (Å²) in [5, 5.41) is 17.1. The number of aryl methyl sites for hydroxylation is 1. The maximum atomic E-state index is 12.9. The second-order valence-electron chi connectivity index (χ2n) is 6.48. The van der Waals surface area contributed by atoms with Crippen LogP contribution < -0.4 is 10.3 Å². The van der Waals surface area contributed by atoms with Gasteiger partial charge in [-0.2, -0.15) is 10.2 Å². The average molecular weight is 412 g/mol. The highest BCUT2D eigenvalue weighted by atomic mass is 19.1. The summed E-state index contributed by atoms with van der Waals surface area (Å²) in [6.45, 7) is 0.945. The molecular formula is C19H17FN6O4. The molecule has 0 bridgehead atoms. The highest BCUT2D eigenvalue weighted by Crippen LogP contribution is 2.13. The first-order chi connectivity index (χ1) is 14.5. The summed E-state index contributed by atoms with van der Waals surface area (Å²) in [7, 11) is 0. The smallest absolute Gasteiger partial charge is 0.338 e. The van der Waals surface area contributed by atoms with Gasteiger partial charge in [-0.15, -0.1) is 0 Å². The number of carbonyl (C=O) groups is 1. The van der Waals surface area contributed by atoms with Gasteiger partial charge in [-0.05, 0) is 37.1 Å². The van der Waals surface area contributed by atoms with E-state index in [0.717, 1.165) is 0 Å². The molecular weight excluding hydrogens is 395 g/mol. The third-order valence-electron chi connectivity index (χ3n) is 4.38. The summed E-state index contributed by atoms with van der Waals surface area (Å²) in [4.78, 5) is 30.4. The molecule has 0 saturated carbocycles. The van der Waals surface area contributed by atoms with Crippen LogP contribution in [0.4, 0.5) is 4.39 Å². The molecule has 11 heteroatoms. The largest absolute Gasteiger partial charge is 0.494 e. The van der Waals surface area contributed by atoms with E-state index in [4.69, 9.17) is 9.84 Å². The number of unbranched alkanes of at least 4 members (excludes halogenated alkanes) is 1. The van der Waals surface area contributed by atoms with Crippen LogP contribution in [0, 0.1) is 5.82 Å². The number of H-pyrrole nitrogens is 1. The lowest BCUT2D eigenvalue weighted by Crippen LogP contribution is -2.17. The third-order valence-corrected chi connectivity index (χ3v) is 4.38. The molecule has 2 N–H and O–H groups in total. The van der Waals surface area contributed by atoms with Crippen LogP contribution >= 0.6 is 0 Å². The molecule has 0 unspecified atom stereocenters. The van der Waals surface area contributed by atoms with Gasteiger partial charge in [-0.1, -0.05) is 0 Å². The van der Waals surface area contributed by atoms with Crippen molar-refractivity contribution in [1.82, 2.24) is 29.5 Å². The van der Waals surface area contributed by atoms with Crippen LogP contribution in [-0.2, 0) is 6.54 Å². The number of halogens is 1. The Balaban J connectivity index is 1.40. The molecule has 0 saturated heterocycles. The molecule has 30 heavy (non-hydrogen) atoms. The van der Waals surface area contributed by atoms with Crippen LogP contribution in [0.5, 0.6) is 5.75 Å². The van der Waals surface area contributed by atoms with E-state index < -0.39 is 11.5 Å². The monoisotopic (exact) mass is 412 g/mol. The number of aromatic nitrogens is 6. The SMILES string of the molecule is O=C(O)c1cnn(-c2nc3cnn(CCCCOc4ccc(F)cc4)c3c(=O)[nH]2)c1. The van der Waals surface area contributed by atoms with E-state index in [1.165, 1.54) is 35.4 Å². The van der Waals surface area contributed by atoms with Crippen molar-refractivity contribution in [3.05, 3.63) is 64.6 Å². The minimum Gasteiger partial charge on any atom is -0.494 e. The van der Waals surface area contributed by atoms with Crippen LogP contribution in [0.25, 0.3) is 17.0 Å². The van der Waals surface area contributed by atoms with Crippen LogP contribution in [0.2, 0.25) is 0 Å². The molecule has 10 nitrogen and oxygen atoms in total. The van der Waals surface area contributed by atoms with Gasteiger partial charge in [0.25, 0.3) is 5.56 Å². The molecule has 0 spiro atoms. The normalized spacial score (nSPS) is 11.1. The third kappa shape index (κ3) is 4.04. The van der Waals surface area contributed by atoms with E-state index in [-0.39, 0.29) is 17.3 Å². The summed E-state index contributed by atoms with van der Waals surface area (Å²) in [5.41, 5.74) is 0.284. The fourth-order valence-electron chi connectivity index (χ4n) is 2.91. The summed E-state index contributed by atoms with van der Waals surface area (Å²) >= 11 is 0. The Morgan fingerprint density at radius 3 is 2.70 bits per heavy atom. The van der Waals surface area contributed by atoms with E-state index in [9.17, 15) is 14.0 Å². The maximum absolute atomic E-state index is 12.9. The van der Waals surface area contributed by atoms with E-state index in [2.05, 4.69) is 20.2 Å². The molecule has 0 amide bonds. The summed E-state index contributed by atoms with van der Waals surface area (Å²) in [6, 6.07) is 5.81. The number of aromatic amines is 1. The fourth-order valence-corrected chi connectivity index (χ4v) is 2.91. The molecule has 4 rings (SSSR count). The Kier molecular flexibility index (Phi) is 5.24. The molecule has 0 aliphatic carbocycles. The number of fused-ring (bicyclic) bond motifs is 1. The van der Waals surface area contributed by atoms with E-state index in [0.29, 0.717) is 42.8 Å². The van der Waals surface area contributed by atoms with Crippen molar-refractivity contribution in [3.8, 4) is 11.7 Å². The predicted octanol–water partition coefficient (Wildman–Crippen LogP) is 2.00. The average Bonchev–Trinajstić information content (AvgIpc) is 3.37. The topological polar surface area (TPSA) is 128 Å². The number of nitrogens with zero attached hydrogens (tertiary/aromatic N) is 5. The summed E-state index contributed by atoms with van der Waals surface area (Å²) in [6.07, 6.45) is 5.33. The lowest BCUT2D eigenvalue weighted by atomic mass is 10.3. The highest BCUT2D eigenvalue weighted by Gasteiger charge is 2.13. The Morgan fingerprint density at radius 1 is 1.17 bits per heavy atom. The first-order valence-electron chi connectivity index (χ1n) is 9.14. The van der Waals surface area contributed by atoms with Crippen molar-refractivity contribution in [2.75, 3.05) is 6.61 Å². The number of hydrogen-bond acceptors (Lipinski definition) is 6.